The summed E-state index contributed by atoms with van der Waals surface area (Å²) >= 11 is 5.57. The maximum absolute atomic E-state index is 13.6. The number of hydrogen-bond donors (Lipinski definition) is 1. The van der Waals surface area contributed by atoms with Crippen molar-refractivity contribution in [3.63, 3.8) is 0 Å². The second-order valence-electron chi connectivity index (χ2n) is 3.20. The number of carboxylic acids is 1. The molecule has 0 atom stereocenters. The van der Waals surface area contributed by atoms with E-state index in [0.717, 1.165) is 16.8 Å². The number of aromatic nitrogens is 2. The highest BCUT2D eigenvalue weighted by Gasteiger charge is 2.16. The van der Waals surface area contributed by atoms with Crippen LogP contribution in [0.1, 0.15) is 10.4 Å². The van der Waals surface area contributed by atoms with Gasteiger partial charge in [0.25, 0.3) is 0 Å². The predicted molar refractivity (Wildman–Crippen MR) is 55.4 cm³/mol. The average Bonchev–Trinajstić information content (AvgIpc) is 2.63. The summed E-state index contributed by atoms with van der Waals surface area (Å²) in [5.41, 5.74) is -0.941. The minimum Gasteiger partial charge on any atom is -0.478 e. The van der Waals surface area contributed by atoms with E-state index in [-0.39, 0.29) is 5.02 Å². The second-order valence-corrected chi connectivity index (χ2v) is 3.63. The molecule has 0 aliphatic rings. The summed E-state index contributed by atoms with van der Waals surface area (Å²) in [6.45, 7) is 0. The summed E-state index contributed by atoms with van der Waals surface area (Å²) < 4.78 is 28.0. The van der Waals surface area contributed by atoms with E-state index in [0.29, 0.717) is 0 Å². The minimum absolute atomic E-state index is 0.214. The van der Waals surface area contributed by atoms with Gasteiger partial charge in [-0.1, -0.05) is 11.6 Å². The van der Waals surface area contributed by atoms with Gasteiger partial charge in [-0.05, 0) is 12.1 Å². The molecule has 0 aliphatic carbocycles. The van der Waals surface area contributed by atoms with Crippen LogP contribution in [0.2, 0.25) is 5.02 Å². The molecule has 4 nitrogen and oxygen atoms in total. The lowest BCUT2D eigenvalue weighted by Crippen LogP contribution is -2.06. The van der Waals surface area contributed by atoms with Crippen molar-refractivity contribution in [1.82, 2.24) is 9.78 Å². The fourth-order valence-corrected chi connectivity index (χ4v) is 1.47. The smallest absolute Gasteiger partial charge is 0.335 e. The van der Waals surface area contributed by atoms with Crippen LogP contribution in [0.15, 0.2) is 24.5 Å². The van der Waals surface area contributed by atoms with Crippen molar-refractivity contribution in [3.05, 3.63) is 46.7 Å². The van der Waals surface area contributed by atoms with Gasteiger partial charge in [-0.2, -0.15) is 5.10 Å². The van der Waals surface area contributed by atoms with Crippen LogP contribution in [0.3, 0.4) is 0 Å². The van der Waals surface area contributed by atoms with Gasteiger partial charge in [-0.15, -0.1) is 0 Å². The van der Waals surface area contributed by atoms with Crippen molar-refractivity contribution >= 4 is 17.6 Å². The molecule has 0 saturated carbocycles. The highest BCUT2D eigenvalue weighted by Crippen LogP contribution is 2.20. The quantitative estimate of drug-likeness (QED) is 0.900. The average molecular weight is 259 g/mol. The Morgan fingerprint density at radius 2 is 1.94 bits per heavy atom. The lowest BCUT2D eigenvalue weighted by molar-refractivity contribution is 0.0695. The van der Waals surface area contributed by atoms with E-state index in [2.05, 4.69) is 5.10 Å². The maximum atomic E-state index is 13.6. The van der Waals surface area contributed by atoms with Crippen molar-refractivity contribution in [3.8, 4) is 5.69 Å². The Hall–Kier alpha value is -1.95. The van der Waals surface area contributed by atoms with Crippen molar-refractivity contribution < 1.29 is 18.7 Å². The number of benzene rings is 1. The molecule has 2 aromatic rings. The number of hydrogen-bond acceptors (Lipinski definition) is 2. The van der Waals surface area contributed by atoms with Crippen molar-refractivity contribution in [2.24, 2.45) is 0 Å². The summed E-state index contributed by atoms with van der Waals surface area (Å²) in [6.07, 6.45) is 2.43. The van der Waals surface area contributed by atoms with Crippen LogP contribution in [-0.2, 0) is 0 Å². The lowest BCUT2D eigenvalue weighted by atomic mass is 10.2. The number of nitrogens with zero attached hydrogens (tertiary/aromatic N) is 2. The summed E-state index contributed by atoms with van der Waals surface area (Å²) in [4.78, 5) is 10.6. The molecule has 1 heterocycles. The fourth-order valence-electron chi connectivity index (χ4n) is 1.33. The molecule has 7 heteroatoms. The molecule has 0 aliphatic heterocycles. The second kappa shape index (κ2) is 4.14. The number of rotatable bonds is 2. The fraction of sp³-hybridized carbons (Fsp3) is 0. The molecule has 88 valence electrons. The van der Waals surface area contributed by atoms with Gasteiger partial charge in [-0.25, -0.2) is 18.3 Å². The molecule has 0 fully saturated rings. The first-order chi connectivity index (χ1) is 7.99. The monoisotopic (exact) mass is 258 g/mol. The summed E-state index contributed by atoms with van der Waals surface area (Å²) in [7, 11) is 0. The molecular weight excluding hydrogens is 254 g/mol. The maximum Gasteiger partial charge on any atom is 0.335 e. The predicted octanol–water partition coefficient (Wildman–Crippen LogP) is 2.50. The summed E-state index contributed by atoms with van der Waals surface area (Å²) in [5.74, 6) is -3.46. The first-order valence-electron chi connectivity index (χ1n) is 4.42. The Morgan fingerprint density at radius 1 is 1.35 bits per heavy atom. The zero-order valence-electron chi connectivity index (χ0n) is 8.19. The van der Waals surface area contributed by atoms with E-state index in [1.807, 2.05) is 0 Å². The van der Waals surface area contributed by atoms with Gasteiger partial charge in [0.05, 0.1) is 16.8 Å². The first-order valence-corrected chi connectivity index (χ1v) is 4.79. The highest BCUT2D eigenvalue weighted by atomic mass is 35.5. The third-order valence-corrected chi connectivity index (χ3v) is 2.24. The molecule has 2 rings (SSSR count). The third-order valence-electron chi connectivity index (χ3n) is 2.04. The van der Waals surface area contributed by atoms with Gasteiger partial charge in [-0.3, -0.25) is 0 Å². The Morgan fingerprint density at radius 3 is 2.35 bits per heavy atom. The standard InChI is InChI=1S/C10H5ClF2N2O2/c11-6-3-14-15(4-6)9-7(12)1-5(10(16)17)2-8(9)13/h1-4H,(H,16,17). The van der Waals surface area contributed by atoms with Crippen molar-refractivity contribution in [2.75, 3.05) is 0 Å². The zero-order valence-corrected chi connectivity index (χ0v) is 8.95. The molecule has 0 amide bonds. The normalized spacial score (nSPS) is 10.5. The van der Waals surface area contributed by atoms with Crippen LogP contribution >= 0.6 is 11.6 Å². The summed E-state index contributed by atoms with van der Waals surface area (Å²) in [5, 5.41) is 12.5. The molecule has 0 bridgehead atoms. The van der Waals surface area contributed by atoms with E-state index in [9.17, 15) is 13.6 Å². The van der Waals surface area contributed by atoms with Crippen LogP contribution in [0, 0.1) is 11.6 Å². The molecule has 1 aromatic heterocycles. The Labute approximate surface area is 99.1 Å². The molecular formula is C10H5ClF2N2O2. The van der Waals surface area contributed by atoms with Crippen LogP contribution in [0.25, 0.3) is 5.69 Å². The third kappa shape index (κ3) is 2.12. The van der Waals surface area contributed by atoms with Crippen LogP contribution in [-0.4, -0.2) is 20.9 Å². The van der Waals surface area contributed by atoms with Gasteiger partial charge in [0, 0.05) is 6.20 Å². The van der Waals surface area contributed by atoms with Crippen molar-refractivity contribution in [2.45, 2.75) is 0 Å². The number of aromatic carboxylic acids is 1. The summed E-state index contributed by atoms with van der Waals surface area (Å²) in [6, 6.07) is 1.44. The lowest BCUT2D eigenvalue weighted by Gasteiger charge is -2.05. The Balaban J connectivity index is 2.60. The first kappa shape index (κ1) is 11.5. The Bertz CT molecular complexity index is 575. The van der Waals surface area contributed by atoms with Crippen LogP contribution < -0.4 is 0 Å². The number of carboxylic acid groups (broad SMARTS) is 1. The zero-order chi connectivity index (χ0) is 12.6. The molecule has 0 saturated heterocycles. The van der Waals surface area contributed by atoms with E-state index >= 15 is 0 Å². The van der Waals surface area contributed by atoms with Crippen molar-refractivity contribution in [1.29, 1.82) is 0 Å². The highest BCUT2D eigenvalue weighted by molar-refractivity contribution is 6.30. The molecule has 17 heavy (non-hydrogen) atoms. The van der Waals surface area contributed by atoms with E-state index in [4.69, 9.17) is 16.7 Å². The van der Waals surface area contributed by atoms with Gasteiger partial charge >= 0.3 is 5.97 Å². The Kier molecular flexibility index (Phi) is 2.81. The molecule has 1 aromatic carbocycles. The van der Waals surface area contributed by atoms with E-state index < -0.39 is 28.9 Å². The number of halogens is 3. The molecule has 1 N–H and O–H groups in total. The largest absolute Gasteiger partial charge is 0.478 e. The van der Waals surface area contributed by atoms with E-state index in [1.165, 1.54) is 12.4 Å². The van der Waals surface area contributed by atoms with E-state index in [1.54, 1.807) is 0 Å². The topological polar surface area (TPSA) is 55.1 Å². The number of carbonyl (C=O) groups is 1. The van der Waals surface area contributed by atoms with Gasteiger partial charge < -0.3 is 5.11 Å². The van der Waals surface area contributed by atoms with Gasteiger partial charge in [0.15, 0.2) is 11.6 Å². The SMILES string of the molecule is O=C(O)c1cc(F)c(-n2cc(Cl)cn2)c(F)c1. The molecule has 0 unspecified atom stereocenters. The van der Waals surface area contributed by atoms with Gasteiger partial charge in [0.1, 0.15) is 5.69 Å². The van der Waals surface area contributed by atoms with Crippen LogP contribution in [0.4, 0.5) is 8.78 Å². The van der Waals surface area contributed by atoms with Crippen LogP contribution in [0.5, 0.6) is 0 Å². The molecule has 0 radical (unpaired) electrons. The minimum atomic E-state index is -1.41. The van der Waals surface area contributed by atoms with Gasteiger partial charge in [0.2, 0.25) is 0 Å². The molecule has 0 spiro atoms.